The lowest BCUT2D eigenvalue weighted by Gasteiger charge is -2.50. The van der Waals surface area contributed by atoms with E-state index in [4.69, 9.17) is 5.11 Å². The number of carbonyl (C=O) groups is 1. The number of carboxylic acids is 1. The number of hydrogen-bond donors (Lipinski definition) is 1. The number of likely N-dealkylation sites (tertiary alicyclic amines) is 1. The summed E-state index contributed by atoms with van der Waals surface area (Å²) in [5.41, 5.74) is 0.614. The van der Waals surface area contributed by atoms with Crippen molar-refractivity contribution in [3.8, 4) is 0 Å². The zero-order chi connectivity index (χ0) is 12.7. The minimum Gasteiger partial charge on any atom is -0.481 e. The summed E-state index contributed by atoms with van der Waals surface area (Å²) in [5.74, 6) is -0.664. The Morgan fingerprint density at radius 1 is 1.12 bits per heavy atom. The largest absolute Gasteiger partial charge is 0.481 e. The van der Waals surface area contributed by atoms with E-state index >= 15 is 0 Å². The molecule has 0 radical (unpaired) electrons. The van der Waals surface area contributed by atoms with Crippen LogP contribution in [0, 0.1) is 5.41 Å². The molecular formula is C14H27NO2. The summed E-state index contributed by atoms with van der Waals surface area (Å²) in [6.45, 7) is 8.35. The van der Waals surface area contributed by atoms with Gasteiger partial charge >= 0.3 is 5.97 Å². The SMILES string of the molecule is CCC1(CC)CN(CCCCCCC(=O)O)C1. The minimum absolute atomic E-state index is 0.332. The van der Waals surface area contributed by atoms with E-state index in [0.717, 1.165) is 12.8 Å². The molecule has 1 aliphatic rings. The molecule has 0 spiro atoms. The van der Waals surface area contributed by atoms with Gasteiger partial charge in [0.1, 0.15) is 0 Å². The molecule has 0 aromatic heterocycles. The van der Waals surface area contributed by atoms with Gasteiger partial charge in [-0.15, -0.1) is 0 Å². The third-order valence-electron chi connectivity index (χ3n) is 4.23. The van der Waals surface area contributed by atoms with E-state index in [-0.39, 0.29) is 0 Å². The number of rotatable bonds is 9. The molecule has 1 heterocycles. The van der Waals surface area contributed by atoms with Crippen LogP contribution in [0.25, 0.3) is 0 Å². The summed E-state index contributed by atoms with van der Waals surface area (Å²) in [6, 6.07) is 0. The molecule has 0 aromatic carbocycles. The Labute approximate surface area is 105 Å². The molecule has 1 saturated heterocycles. The maximum Gasteiger partial charge on any atom is 0.303 e. The van der Waals surface area contributed by atoms with E-state index in [2.05, 4.69) is 18.7 Å². The number of hydrogen-bond acceptors (Lipinski definition) is 2. The topological polar surface area (TPSA) is 40.5 Å². The van der Waals surface area contributed by atoms with Crippen LogP contribution in [0.4, 0.5) is 0 Å². The van der Waals surface area contributed by atoms with Crippen molar-refractivity contribution in [2.24, 2.45) is 5.41 Å². The van der Waals surface area contributed by atoms with Gasteiger partial charge in [0.05, 0.1) is 0 Å². The second-order valence-corrected chi connectivity index (χ2v) is 5.48. The van der Waals surface area contributed by atoms with Crippen molar-refractivity contribution in [1.29, 1.82) is 0 Å². The smallest absolute Gasteiger partial charge is 0.303 e. The monoisotopic (exact) mass is 241 g/mol. The molecule has 1 aliphatic heterocycles. The molecule has 100 valence electrons. The Hall–Kier alpha value is -0.570. The molecule has 0 unspecified atom stereocenters. The first-order chi connectivity index (χ1) is 8.12. The molecule has 0 aromatic rings. The first-order valence-electron chi connectivity index (χ1n) is 7.06. The molecule has 17 heavy (non-hydrogen) atoms. The van der Waals surface area contributed by atoms with Crippen LogP contribution in [0.5, 0.6) is 0 Å². The molecule has 1 rings (SSSR count). The lowest BCUT2D eigenvalue weighted by molar-refractivity contribution is -0.137. The fourth-order valence-corrected chi connectivity index (χ4v) is 2.72. The summed E-state index contributed by atoms with van der Waals surface area (Å²) >= 11 is 0. The molecule has 3 nitrogen and oxygen atoms in total. The average Bonchev–Trinajstić information content (AvgIpc) is 2.25. The lowest BCUT2D eigenvalue weighted by Crippen LogP contribution is -2.55. The van der Waals surface area contributed by atoms with Crippen LogP contribution in [0.2, 0.25) is 0 Å². The van der Waals surface area contributed by atoms with Crippen LogP contribution in [-0.2, 0) is 4.79 Å². The van der Waals surface area contributed by atoms with Crippen molar-refractivity contribution in [2.45, 2.75) is 58.8 Å². The van der Waals surface area contributed by atoms with Gasteiger partial charge in [-0.1, -0.05) is 26.7 Å². The third kappa shape index (κ3) is 4.66. The van der Waals surface area contributed by atoms with E-state index in [1.807, 2.05) is 0 Å². The van der Waals surface area contributed by atoms with Crippen LogP contribution in [0.1, 0.15) is 58.8 Å². The van der Waals surface area contributed by atoms with Gasteiger partial charge in [-0.05, 0) is 37.6 Å². The van der Waals surface area contributed by atoms with Crippen LogP contribution in [0.15, 0.2) is 0 Å². The number of nitrogens with zero attached hydrogens (tertiary/aromatic N) is 1. The second-order valence-electron chi connectivity index (χ2n) is 5.48. The molecule has 0 atom stereocenters. The number of unbranched alkanes of at least 4 members (excludes halogenated alkanes) is 3. The van der Waals surface area contributed by atoms with Crippen LogP contribution < -0.4 is 0 Å². The molecule has 0 saturated carbocycles. The van der Waals surface area contributed by atoms with E-state index in [9.17, 15) is 4.79 Å². The van der Waals surface area contributed by atoms with Crippen molar-refractivity contribution < 1.29 is 9.90 Å². The summed E-state index contributed by atoms with van der Waals surface area (Å²) in [7, 11) is 0. The Balaban J connectivity index is 1.94. The first kappa shape index (κ1) is 14.5. The van der Waals surface area contributed by atoms with Gasteiger partial charge in [0.25, 0.3) is 0 Å². The summed E-state index contributed by atoms with van der Waals surface area (Å²) < 4.78 is 0. The minimum atomic E-state index is -0.664. The quantitative estimate of drug-likeness (QED) is 0.630. The summed E-state index contributed by atoms with van der Waals surface area (Å²) in [4.78, 5) is 12.9. The first-order valence-corrected chi connectivity index (χ1v) is 7.06. The zero-order valence-corrected chi connectivity index (χ0v) is 11.4. The van der Waals surface area contributed by atoms with Gasteiger partial charge in [0.15, 0.2) is 0 Å². The predicted octanol–water partition coefficient (Wildman–Crippen LogP) is 3.14. The molecule has 1 N–H and O–H groups in total. The maximum absolute atomic E-state index is 10.3. The standard InChI is InChI=1S/C14H27NO2/c1-3-14(4-2)11-15(12-14)10-8-6-5-7-9-13(16)17/h3-12H2,1-2H3,(H,16,17). The third-order valence-corrected chi connectivity index (χ3v) is 4.23. The zero-order valence-electron chi connectivity index (χ0n) is 11.4. The Kier molecular flexibility index (Phi) is 5.96. The van der Waals surface area contributed by atoms with Gasteiger partial charge < -0.3 is 10.0 Å². The fraction of sp³-hybridized carbons (Fsp3) is 0.929. The van der Waals surface area contributed by atoms with E-state index in [1.54, 1.807) is 0 Å². The van der Waals surface area contributed by atoms with Gasteiger partial charge in [0, 0.05) is 19.5 Å². The number of carboxylic acid groups (broad SMARTS) is 1. The number of aliphatic carboxylic acids is 1. The highest BCUT2D eigenvalue weighted by molar-refractivity contribution is 5.66. The van der Waals surface area contributed by atoms with Crippen molar-refractivity contribution in [1.82, 2.24) is 4.90 Å². The van der Waals surface area contributed by atoms with Crippen molar-refractivity contribution in [3.63, 3.8) is 0 Å². The molecular weight excluding hydrogens is 214 g/mol. The summed E-state index contributed by atoms with van der Waals surface area (Å²) in [5, 5.41) is 8.51. The van der Waals surface area contributed by atoms with Gasteiger partial charge in [-0.25, -0.2) is 0 Å². The van der Waals surface area contributed by atoms with Gasteiger partial charge in [0.2, 0.25) is 0 Å². The highest BCUT2D eigenvalue weighted by Crippen LogP contribution is 2.36. The highest BCUT2D eigenvalue weighted by atomic mass is 16.4. The fourth-order valence-electron chi connectivity index (χ4n) is 2.72. The molecule has 1 fully saturated rings. The van der Waals surface area contributed by atoms with Gasteiger partial charge in [-0.3, -0.25) is 4.79 Å². The van der Waals surface area contributed by atoms with Crippen LogP contribution in [-0.4, -0.2) is 35.6 Å². The average molecular weight is 241 g/mol. The summed E-state index contributed by atoms with van der Waals surface area (Å²) in [6.07, 6.45) is 7.24. The van der Waals surface area contributed by atoms with Crippen LogP contribution in [0.3, 0.4) is 0 Å². The van der Waals surface area contributed by atoms with Crippen molar-refractivity contribution in [2.75, 3.05) is 19.6 Å². The Morgan fingerprint density at radius 3 is 2.24 bits per heavy atom. The van der Waals surface area contributed by atoms with E-state index in [0.29, 0.717) is 11.8 Å². The van der Waals surface area contributed by atoms with Crippen molar-refractivity contribution >= 4 is 5.97 Å². The van der Waals surface area contributed by atoms with Crippen molar-refractivity contribution in [3.05, 3.63) is 0 Å². The Bertz CT molecular complexity index is 228. The van der Waals surface area contributed by atoms with E-state index in [1.165, 1.54) is 45.3 Å². The lowest BCUT2D eigenvalue weighted by atomic mass is 9.75. The van der Waals surface area contributed by atoms with Crippen LogP contribution >= 0.6 is 0 Å². The Morgan fingerprint density at radius 2 is 1.71 bits per heavy atom. The van der Waals surface area contributed by atoms with Gasteiger partial charge in [-0.2, -0.15) is 0 Å². The molecule has 0 amide bonds. The molecule has 0 aliphatic carbocycles. The second kappa shape index (κ2) is 7.00. The molecule has 3 heteroatoms. The highest BCUT2D eigenvalue weighted by Gasteiger charge is 2.38. The maximum atomic E-state index is 10.3. The van der Waals surface area contributed by atoms with E-state index < -0.39 is 5.97 Å². The predicted molar refractivity (Wildman–Crippen MR) is 70.2 cm³/mol. The normalized spacial score (nSPS) is 18.9. The molecule has 0 bridgehead atoms.